The molecule has 0 bridgehead atoms. The molecule has 1 aliphatic rings. The highest BCUT2D eigenvalue weighted by Crippen LogP contribution is 2.35. The summed E-state index contributed by atoms with van der Waals surface area (Å²) in [5.41, 5.74) is 3.92. The molecular formula is C30H39F2N3O2. The average Bonchev–Trinajstić information content (AvgIpc) is 3.21. The summed E-state index contributed by atoms with van der Waals surface area (Å²) >= 11 is 0. The predicted octanol–water partition coefficient (Wildman–Crippen LogP) is 7.48. The Morgan fingerprint density at radius 3 is 2.46 bits per heavy atom. The van der Waals surface area contributed by atoms with E-state index < -0.39 is 0 Å². The number of ether oxygens (including phenoxy) is 1. The van der Waals surface area contributed by atoms with Crippen LogP contribution in [0, 0.1) is 11.6 Å². The molecule has 2 heterocycles. The zero-order chi connectivity index (χ0) is 26.2. The van der Waals surface area contributed by atoms with E-state index >= 15 is 0 Å². The van der Waals surface area contributed by atoms with Gasteiger partial charge in [0.1, 0.15) is 11.6 Å². The minimum Gasteiger partial charge on any atom is -0.450 e. The van der Waals surface area contributed by atoms with Gasteiger partial charge in [-0.15, -0.1) is 0 Å². The number of carbonyl (C=O) groups excluding carboxylic acids is 1. The van der Waals surface area contributed by atoms with E-state index in [4.69, 9.17) is 4.74 Å². The lowest BCUT2D eigenvalue weighted by Crippen LogP contribution is -2.50. The van der Waals surface area contributed by atoms with Gasteiger partial charge in [0.25, 0.3) is 0 Å². The van der Waals surface area contributed by atoms with Gasteiger partial charge in [0, 0.05) is 36.3 Å². The average molecular weight is 512 g/mol. The highest BCUT2D eigenvalue weighted by molar-refractivity contribution is 5.87. The number of hydrogen-bond donors (Lipinski definition) is 1. The number of hydrogen-bond acceptors (Lipinski definition) is 3. The number of nitrogens with one attached hydrogen (secondary N) is 1. The van der Waals surface area contributed by atoms with Gasteiger partial charge in [0.05, 0.1) is 18.3 Å². The molecule has 0 spiro atoms. The van der Waals surface area contributed by atoms with Gasteiger partial charge in [-0.1, -0.05) is 52.4 Å². The second kappa shape index (κ2) is 13.0. The summed E-state index contributed by atoms with van der Waals surface area (Å²) in [5, 5.41) is 3.97. The first kappa shape index (κ1) is 27.1. The molecule has 0 saturated carbocycles. The van der Waals surface area contributed by atoms with Crippen LogP contribution in [0.5, 0.6) is 0 Å². The van der Waals surface area contributed by atoms with Gasteiger partial charge in [-0.25, -0.2) is 13.6 Å². The molecule has 7 heteroatoms. The molecule has 4 rings (SSSR count). The number of amides is 1. The van der Waals surface area contributed by atoms with Crippen LogP contribution in [-0.4, -0.2) is 34.9 Å². The third-order valence-corrected chi connectivity index (χ3v) is 7.26. The van der Waals surface area contributed by atoms with Crippen molar-refractivity contribution in [2.45, 2.75) is 84.3 Å². The van der Waals surface area contributed by atoms with Crippen molar-refractivity contribution in [1.29, 1.82) is 0 Å². The lowest BCUT2D eigenvalue weighted by Gasteiger charge is -2.35. The Kier molecular flexibility index (Phi) is 9.56. The van der Waals surface area contributed by atoms with Gasteiger partial charge in [0.2, 0.25) is 0 Å². The highest BCUT2D eigenvalue weighted by Gasteiger charge is 2.29. The van der Waals surface area contributed by atoms with E-state index in [0.717, 1.165) is 92.2 Å². The number of aromatic nitrogens is 1. The Labute approximate surface area is 218 Å². The summed E-state index contributed by atoms with van der Waals surface area (Å²) in [7, 11) is 0. The second-order valence-electron chi connectivity index (χ2n) is 9.97. The van der Waals surface area contributed by atoms with E-state index in [-0.39, 0.29) is 23.9 Å². The smallest absolute Gasteiger partial charge is 0.408 e. The van der Waals surface area contributed by atoms with Gasteiger partial charge in [-0.2, -0.15) is 0 Å². The molecule has 1 aliphatic heterocycles. The largest absolute Gasteiger partial charge is 0.450 e. The van der Waals surface area contributed by atoms with Crippen LogP contribution in [0.15, 0.2) is 42.5 Å². The maximum Gasteiger partial charge on any atom is 0.408 e. The standard InChI is InChI=1S/C30H39F2N3O2/c1-3-5-7-9-19-37-30(36)33-29(10-8-6-4-2)34-18-17-28-26(21-34)25-20-23(32)13-16-27(25)35(28)24-14-11-22(31)12-15-24/h11-16,20,29H,3-10,17-19,21H2,1-2H3,(H,33,36). The van der Waals surface area contributed by atoms with Crippen molar-refractivity contribution in [1.82, 2.24) is 14.8 Å². The van der Waals surface area contributed by atoms with E-state index in [9.17, 15) is 13.6 Å². The van der Waals surface area contributed by atoms with Gasteiger partial charge in [-0.05, 0) is 60.9 Å². The quantitative estimate of drug-likeness (QED) is 0.256. The first-order chi connectivity index (χ1) is 18.0. The molecule has 0 radical (unpaired) electrons. The normalized spacial score (nSPS) is 14.5. The van der Waals surface area contributed by atoms with Gasteiger partial charge in [-0.3, -0.25) is 4.90 Å². The maximum absolute atomic E-state index is 14.4. The minimum atomic E-state index is -0.372. The molecule has 1 aromatic heterocycles. The summed E-state index contributed by atoms with van der Waals surface area (Å²) in [6.45, 7) is 6.10. The fourth-order valence-corrected chi connectivity index (χ4v) is 5.31. The number of unbranched alkanes of at least 4 members (excludes halogenated alkanes) is 5. The molecule has 0 saturated heterocycles. The lowest BCUT2D eigenvalue weighted by molar-refractivity contribution is 0.101. The van der Waals surface area contributed by atoms with Gasteiger partial charge < -0.3 is 14.6 Å². The van der Waals surface area contributed by atoms with Crippen molar-refractivity contribution in [2.75, 3.05) is 13.2 Å². The number of halogens is 2. The first-order valence-electron chi connectivity index (χ1n) is 13.8. The maximum atomic E-state index is 14.4. The van der Waals surface area contributed by atoms with Crippen molar-refractivity contribution in [2.24, 2.45) is 0 Å². The Hall–Kier alpha value is -2.93. The molecule has 2 aromatic carbocycles. The van der Waals surface area contributed by atoms with E-state index in [1.165, 1.54) is 18.2 Å². The molecule has 1 atom stereocenters. The Morgan fingerprint density at radius 2 is 1.70 bits per heavy atom. The zero-order valence-electron chi connectivity index (χ0n) is 22.1. The molecule has 200 valence electrons. The Balaban J connectivity index is 1.57. The molecule has 5 nitrogen and oxygen atoms in total. The van der Waals surface area contributed by atoms with Crippen molar-refractivity contribution >= 4 is 17.0 Å². The first-order valence-corrected chi connectivity index (χ1v) is 13.8. The third-order valence-electron chi connectivity index (χ3n) is 7.26. The van der Waals surface area contributed by atoms with Crippen molar-refractivity contribution in [3.05, 3.63) is 65.4 Å². The summed E-state index contributed by atoms with van der Waals surface area (Å²) in [6, 6.07) is 11.3. The van der Waals surface area contributed by atoms with Crippen molar-refractivity contribution in [3.8, 4) is 5.69 Å². The van der Waals surface area contributed by atoms with Crippen LogP contribution in [0.25, 0.3) is 16.6 Å². The van der Waals surface area contributed by atoms with E-state index in [1.807, 2.05) is 0 Å². The minimum absolute atomic E-state index is 0.152. The SMILES string of the molecule is CCCCCCOC(=O)NC(CCCCC)N1CCc2c(c3cc(F)ccc3n2-c2ccc(F)cc2)C1. The Morgan fingerprint density at radius 1 is 0.973 bits per heavy atom. The number of carbonyl (C=O) groups is 1. The summed E-state index contributed by atoms with van der Waals surface area (Å²) in [6.07, 6.45) is 8.48. The number of fused-ring (bicyclic) bond motifs is 3. The highest BCUT2D eigenvalue weighted by atomic mass is 19.1. The van der Waals surface area contributed by atoms with Crippen LogP contribution < -0.4 is 5.32 Å². The van der Waals surface area contributed by atoms with Gasteiger partial charge >= 0.3 is 6.09 Å². The van der Waals surface area contributed by atoms with Crippen LogP contribution in [0.4, 0.5) is 13.6 Å². The summed E-state index contributed by atoms with van der Waals surface area (Å²) < 4.78 is 35.6. The number of rotatable bonds is 12. The molecule has 1 amide bonds. The fourth-order valence-electron chi connectivity index (χ4n) is 5.31. The summed E-state index contributed by atoms with van der Waals surface area (Å²) in [5.74, 6) is -0.572. The van der Waals surface area contributed by atoms with E-state index in [2.05, 4.69) is 28.6 Å². The van der Waals surface area contributed by atoms with E-state index in [1.54, 1.807) is 24.3 Å². The fraction of sp³-hybridized carbons (Fsp3) is 0.500. The van der Waals surface area contributed by atoms with Crippen LogP contribution in [-0.2, 0) is 17.7 Å². The molecule has 0 fully saturated rings. The third kappa shape index (κ3) is 6.69. The van der Waals surface area contributed by atoms with Crippen LogP contribution in [0.2, 0.25) is 0 Å². The Bertz CT molecular complexity index is 1180. The monoisotopic (exact) mass is 511 g/mol. The number of alkyl carbamates (subject to hydrolysis) is 1. The van der Waals surface area contributed by atoms with Crippen LogP contribution >= 0.6 is 0 Å². The molecule has 3 aromatic rings. The summed E-state index contributed by atoms with van der Waals surface area (Å²) in [4.78, 5) is 14.9. The molecule has 37 heavy (non-hydrogen) atoms. The molecule has 1 unspecified atom stereocenters. The van der Waals surface area contributed by atoms with Crippen molar-refractivity contribution < 1.29 is 18.3 Å². The van der Waals surface area contributed by atoms with E-state index in [0.29, 0.717) is 13.2 Å². The molecular weight excluding hydrogens is 472 g/mol. The number of benzene rings is 2. The van der Waals surface area contributed by atoms with Gasteiger partial charge in [0.15, 0.2) is 0 Å². The zero-order valence-corrected chi connectivity index (χ0v) is 22.1. The topological polar surface area (TPSA) is 46.5 Å². The molecule has 1 N–H and O–H groups in total. The van der Waals surface area contributed by atoms with Crippen LogP contribution in [0.3, 0.4) is 0 Å². The number of nitrogens with zero attached hydrogens (tertiary/aromatic N) is 2. The predicted molar refractivity (Wildman–Crippen MR) is 144 cm³/mol. The lowest BCUT2D eigenvalue weighted by atomic mass is 10.0. The second-order valence-corrected chi connectivity index (χ2v) is 9.97. The molecule has 0 aliphatic carbocycles. The van der Waals surface area contributed by atoms with Crippen molar-refractivity contribution in [3.63, 3.8) is 0 Å². The van der Waals surface area contributed by atoms with Crippen LogP contribution in [0.1, 0.15) is 76.5 Å².